The van der Waals surface area contributed by atoms with E-state index >= 15 is 0 Å². The lowest BCUT2D eigenvalue weighted by atomic mass is 10.1. The fraction of sp³-hybridized carbons (Fsp3) is 0.188. The van der Waals surface area contributed by atoms with Gasteiger partial charge in [-0.3, -0.25) is 4.79 Å². The minimum Gasteiger partial charge on any atom is -0.384 e. The summed E-state index contributed by atoms with van der Waals surface area (Å²) in [5.41, 5.74) is 4.28. The number of anilines is 2. The highest BCUT2D eigenvalue weighted by Crippen LogP contribution is 2.29. The van der Waals surface area contributed by atoms with Crippen LogP contribution in [0.3, 0.4) is 0 Å². The van der Waals surface area contributed by atoms with Crippen molar-refractivity contribution in [3.8, 4) is 0 Å². The van der Waals surface area contributed by atoms with Crippen LogP contribution < -0.4 is 10.6 Å². The predicted molar refractivity (Wildman–Crippen MR) is 87.8 cm³/mol. The van der Waals surface area contributed by atoms with Crippen molar-refractivity contribution in [1.29, 1.82) is 0 Å². The molecule has 1 aliphatic rings. The molecule has 0 fully saturated rings. The van der Waals surface area contributed by atoms with E-state index in [9.17, 15) is 4.79 Å². The highest BCUT2D eigenvalue weighted by Gasteiger charge is 2.15. The lowest BCUT2D eigenvalue weighted by Crippen LogP contribution is -2.12. The van der Waals surface area contributed by atoms with E-state index in [4.69, 9.17) is 23.2 Å². The summed E-state index contributed by atoms with van der Waals surface area (Å²) in [6.07, 6.45) is 0.938. The van der Waals surface area contributed by atoms with Crippen LogP contribution in [0, 0.1) is 6.92 Å². The van der Waals surface area contributed by atoms with Crippen LogP contribution in [-0.2, 0) is 6.42 Å². The summed E-state index contributed by atoms with van der Waals surface area (Å²) in [7, 11) is 0. The molecular weight excluding hydrogens is 307 g/mol. The molecular formula is C16H14Cl2N2O. The second-order valence-electron chi connectivity index (χ2n) is 5.08. The average Bonchev–Trinajstić information content (AvgIpc) is 2.92. The first-order chi connectivity index (χ1) is 10.0. The molecule has 5 heteroatoms. The van der Waals surface area contributed by atoms with Gasteiger partial charge in [-0.1, -0.05) is 23.2 Å². The van der Waals surface area contributed by atoms with Gasteiger partial charge >= 0.3 is 0 Å². The van der Waals surface area contributed by atoms with Gasteiger partial charge in [-0.25, -0.2) is 0 Å². The molecule has 0 bridgehead atoms. The van der Waals surface area contributed by atoms with E-state index in [0.29, 0.717) is 21.3 Å². The number of aryl methyl sites for hydroxylation is 1. The van der Waals surface area contributed by atoms with Crippen molar-refractivity contribution in [3.05, 3.63) is 57.1 Å². The molecule has 3 rings (SSSR count). The molecule has 0 unspecified atom stereocenters. The lowest BCUT2D eigenvalue weighted by molar-refractivity contribution is 0.102. The number of amides is 1. The van der Waals surface area contributed by atoms with Gasteiger partial charge in [0.25, 0.3) is 5.91 Å². The van der Waals surface area contributed by atoms with Gasteiger partial charge in [0.15, 0.2) is 0 Å². The van der Waals surface area contributed by atoms with Gasteiger partial charge in [0.05, 0.1) is 10.7 Å². The second-order valence-corrected chi connectivity index (χ2v) is 5.90. The van der Waals surface area contributed by atoms with Crippen LogP contribution in [0.15, 0.2) is 30.3 Å². The molecule has 3 nitrogen and oxygen atoms in total. The van der Waals surface area contributed by atoms with Gasteiger partial charge in [0.2, 0.25) is 0 Å². The van der Waals surface area contributed by atoms with Crippen molar-refractivity contribution in [2.75, 3.05) is 17.2 Å². The number of benzene rings is 2. The van der Waals surface area contributed by atoms with E-state index in [1.807, 2.05) is 19.1 Å². The maximum atomic E-state index is 12.3. The Morgan fingerprint density at radius 1 is 1.19 bits per heavy atom. The maximum absolute atomic E-state index is 12.3. The summed E-state index contributed by atoms with van der Waals surface area (Å²) in [4.78, 5) is 12.3. The van der Waals surface area contributed by atoms with Gasteiger partial charge in [0, 0.05) is 22.8 Å². The van der Waals surface area contributed by atoms with E-state index < -0.39 is 0 Å². The van der Waals surface area contributed by atoms with Gasteiger partial charge in [-0.15, -0.1) is 0 Å². The van der Waals surface area contributed by atoms with Crippen LogP contribution in [0.1, 0.15) is 21.5 Å². The van der Waals surface area contributed by atoms with Crippen molar-refractivity contribution in [2.24, 2.45) is 0 Å². The number of hydrogen-bond acceptors (Lipinski definition) is 2. The second kappa shape index (κ2) is 5.58. The third-order valence-corrected chi connectivity index (χ3v) is 4.29. The third-order valence-electron chi connectivity index (χ3n) is 3.57. The first-order valence-corrected chi connectivity index (χ1v) is 7.44. The molecule has 0 saturated carbocycles. The fourth-order valence-corrected chi connectivity index (χ4v) is 2.81. The third kappa shape index (κ3) is 2.85. The first kappa shape index (κ1) is 14.2. The molecule has 2 aromatic rings. The zero-order valence-electron chi connectivity index (χ0n) is 11.5. The molecule has 0 atom stereocenters. The Bertz CT molecular complexity index is 728. The summed E-state index contributed by atoms with van der Waals surface area (Å²) >= 11 is 12.2. The van der Waals surface area contributed by atoms with Crippen molar-refractivity contribution in [3.63, 3.8) is 0 Å². The summed E-state index contributed by atoms with van der Waals surface area (Å²) in [5, 5.41) is 7.13. The minimum atomic E-state index is -0.188. The van der Waals surface area contributed by atoms with Gasteiger partial charge in [0.1, 0.15) is 0 Å². The average molecular weight is 321 g/mol. The normalized spacial score (nSPS) is 12.7. The maximum Gasteiger partial charge on any atom is 0.255 e. The lowest BCUT2D eigenvalue weighted by Gasteiger charge is -2.10. The van der Waals surface area contributed by atoms with Crippen LogP contribution in [0.4, 0.5) is 11.4 Å². The van der Waals surface area contributed by atoms with Gasteiger partial charge in [-0.05, 0) is 54.8 Å². The molecule has 0 radical (unpaired) electrons. The molecule has 0 aliphatic carbocycles. The number of fused-ring (bicyclic) bond motifs is 1. The molecule has 21 heavy (non-hydrogen) atoms. The van der Waals surface area contributed by atoms with Crippen LogP contribution >= 0.6 is 23.2 Å². The van der Waals surface area contributed by atoms with Crippen molar-refractivity contribution < 1.29 is 4.79 Å². The number of nitrogens with one attached hydrogen (secondary N) is 2. The van der Waals surface area contributed by atoms with E-state index in [1.54, 1.807) is 18.2 Å². The largest absolute Gasteiger partial charge is 0.384 e. The quantitative estimate of drug-likeness (QED) is 0.854. The molecule has 2 N–H and O–H groups in total. The molecule has 108 valence electrons. The molecule has 0 spiro atoms. The summed E-state index contributed by atoms with van der Waals surface area (Å²) in [6.45, 7) is 2.78. The Hall–Kier alpha value is -1.71. The topological polar surface area (TPSA) is 41.1 Å². The van der Waals surface area contributed by atoms with Crippen molar-refractivity contribution in [2.45, 2.75) is 13.3 Å². The van der Waals surface area contributed by atoms with Crippen LogP contribution in [0.25, 0.3) is 0 Å². The van der Waals surface area contributed by atoms with Crippen molar-refractivity contribution in [1.82, 2.24) is 0 Å². The van der Waals surface area contributed by atoms with E-state index in [1.165, 1.54) is 0 Å². The molecule has 0 saturated heterocycles. The van der Waals surface area contributed by atoms with E-state index in [-0.39, 0.29) is 5.91 Å². The molecule has 1 heterocycles. The standard InChI is InChI=1S/C16H14Cl2N2O/c1-9-6-13(18)15(8-12(9)17)20-16(21)11-2-3-14-10(7-11)4-5-19-14/h2-3,6-8,19H,4-5H2,1H3,(H,20,21). The van der Waals surface area contributed by atoms with Crippen LogP contribution in [0.2, 0.25) is 10.0 Å². The Balaban J connectivity index is 1.85. The number of carbonyl (C=O) groups excluding carboxylic acids is 1. The Morgan fingerprint density at radius 2 is 2.00 bits per heavy atom. The van der Waals surface area contributed by atoms with Crippen LogP contribution in [0.5, 0.6) is 0 Å². The van der Waals surface area contributed by atoms with Crippen LogP contribution in [-0.4, -0.2) is 12.5 Å². The highest BCUT2D eigenvalue weighted by molar-refractivity contribution is 6.36. The van der Waals surface area contributed by atoms with Gasteiger partial charge < -0.3 is 10.6 Å². The smallest absolute Gasteiger partial charge is 0.255 e. The highest BCUT2D eigenvalue weighted by atomic mass is 35.5. The summed E-state index contributed by atoms with van der Waals surface area (Å²) < 4.78 is 0. The molecule has 2 aromatic carbocycles. The van der Waals surface area contributed by atoms with E-state index in [0.717, 1.165) is 29.8 Å². The van der Waals surface area contributed by atoms with Gasteiger partial charge in [-0.2, -0.15) is 0 Å². The summed E-state index contributed by atoms with van der Waals surface area (Å²) in [6, 6.07) is 9.06. The molecule has 1 amide bonds. The zero-order valence-corrected chi connectivity index (χ0v) is 13.0. The first-order valence-electron chi connectivity index (χ1n) is 6.68. The number of hydrogen-bond donors (Lipinski definition) is 2. The number of carbonyl (C=O) groups is 1. The monoisotopic (exact) mass is 320 g/mol. The molecule has 0 aromatic heterocycles. The molecule has 1 aliphatic heterocycles. The Labute approximate surface area is 133 Å². The minimum absolute atomic E-state index is 0.188. The Morgan fingerprint density at radius 3 is 2.81 bits per heavy atom. The number of rotatable bonds is 2. The number of halogens is 2. The predicted octanol–water partition coefficient (Wildman–Crippen LogP) is 4.52. The SMILES string of the molecule is Cc1cc(Cl)c(NC(=O)c2ccc3c(c2)CCN3)cc1Cl. The van der Waals surface area contributed by atoms with E-state index in [2.05, 4.69) is 10.6 Å². The van der Waals surface area contributed by atoms with Crippen molar-refractivity contribution >= 4 is 40.5 Å². The summed E-state index contributed by atoms with van der Waals surface area (Å²) in [5.74, 6) is -0.188. The zero-order chi connectivity index (χ0) is 15.0. The fourth-order valence-electron chi connectivity index (χ4n) is 2.38. The Kier molecular flexibility index (Phi) is 3.79.